The lowest BCUT2D eigenvalue weighted by molar-refractivity contribution is -0.123. The Labute approximate surface area is 121 Å². The first-order chi connectivity index (χ1) is 9.79. The summed E-state index contributed by atoms with van der Waals surface area (Å²) in [7, 11) is 0. The van der Waals surface area contributed by atoms with E-state index in [2.05, 4.69) is 10.6 Å². The van der Waals surface area contributed by atoms with Gasteiger partial charge in [0.15, 0.2) is 0 Å². The minimum atomic E-state index is -1.18. The zero-order valence-electron chi connectivity index (χ0n) is 11.9. The zero-order chi connectivity index (χ0) is 16.0. The van der Waals surface area contributed by atoms with Gasteiger partial charge in [-0.05, 0) is 24.5 Å². The average Bonchev–Trinajstić information content (AvgIpc) is 2.82. The molecule has 116 valence electrons. The van der Waals surface area contributed by atoms with Gasteiger partial charge in [-0.15, -0.1) is 0 Å². The predicted molar refractivity (Wildman–Crippen MR) is 73.5 cm³/mol. The van der Waals surface area contributed by atoms with Crippen molar-refractivity contribution in [2.24, 2.45) is 11.7 Å². The summed E-state index contributed by atoms with van der Waals surface area (Å²) in [6.45, 7) is 3.85. The summed E-state index contributed by atoms with van der Waals surface area (Å²) in [6, 6.07) is 1.25. The van der Waals surface area contributed by atoms with Crippen LogP contribution in [0.15, 0.2) is 16.5 Å². The highest BCUT2D eigenvalue weighted by molar-refractivity contribution is 5.86. The molecular formula is C13H19N3O5. The zero-order valence-corrected chi connectivity index (χ0v) is 11.9. The molecule has 0 saturated heterocycles. The summed E-state index contributed by atoms with van der Waals surface area (Å²) in [5.41, 5.74) is 5.04. The van der Waals surface area contributed by atoms with E-state index in [1.165, 1.54) is 12.1 Å². The summed E-state index contributed by atoms with van der Waals surface area (Å²) in [6.07, 6.45) is 0.438. The highest BCUT2D eigenvalue weighted by atomic mass is 16.4. The van der Waals surface area contributed by atoms with Crippen molar-refractivity contribution in [2.75, 3.05) is 0 Å². The van der Waals surface area contributed by atoms with Crippen LogP contribution < -0.4 is 16.4 Å². The fourth-order valence-electron chi connectivity index (χ4n) is 1.76. The third-order valence-corrected chi connectivity index (χ3v) is 2.65. The van der Waals surface area contributed by atoms with Gasteiger partial charge in [-0.2, -0.15) is 0 Å². The van der Waals surface area contributed by atoms with Crippen molar-refractivity contribution in [2.45, 2.75) is 32.9 Å². The van der Waals surface area contributed by atoms with Crippen molar-refractivity contribution < 1.29 is 23.9 Å². The molecule has 0 bridgehead atoms. The third-order valence-electron chi connectivity index (χ3n) is 2.65. The molecule has 21 heavy (non-hydrogen) atoms. The summed E-state index contributed by atoms with van der Waals surface area (Å²) in [5, 5.41) is 13.7. The second-order valence-electron chi connectivity index (χ2n) is 4.98. The van der Waals surface area contributed by atoms with Crippen LogP contribution in [-0.2, 0) is 11.3 Å². The Morgan fingerprint density at radius 3 is 2.48 bits per heavy atom. The van der Waals surface area contributed by atoms with Gasteiger partial charge in [0, 0.05) is 0 Å². The Morgan fingerprint density at radius 2 is 2.00 bits per heavy atom. The molecule has 0 aliphatic rings. The summed E-state index contributed by atoms with van der Waals surface area (Å²) in [5.74, 6) is -1.29. The van der Waals surface area contributed by atoms with E-state index in [9.17, 15) is 14.4 Å². The molecule has 0 saturated carbocycles. The molecule has 0 aromatic carbocycles. The minimum absolute atomic E-state index is 0.0289. The molecule has 0 fully saturated rings. The number of urea groups is 1. The number of hydrogen-bond donors (Lipinski definition) is 4. The van der Waals surface area contributed by atoms with Gasteiger partial charge in [-0.3, -0.25) is 4.79 Å². The van der Waals surface area contributed by atoms with E-state index in [-0.39, 0.29) is 18.2 Å². The number of amides is 3. The van der Waals surface area contributed by atoms with Gasteiger partial charge in [0.1, 0.15) is 11.8 Å². The Kier molecular flexibility index (Phi) is 5.77. The molecule has 0 aliphatic carbocycles. The molecule has 3 amide bonds. The van der Waals surface area contributed by atoms with Gasteiger partial charge in [-0.25, -0.2) is 9.59 Å². The van der Waals surface area contributed by atoms with Crippen LogP contribution in [-0.4, -0.2) is 29.1 Å². The molecule has 1 unspecified atom stereocenters. The fourth-order valence-corrected chi connectivity index (χ4v) is 1.76. The maximum absolute atomic E-state index is 12.0. The van der Waals surface area contributed by atoms with E-state index >= 15 is 0 Å². The normalized spacial score (nSPS) is 12.0. The number of carboxylic acid groups (broad SMARTS) is 1. The molecule has 0 aliphatic heterocycles. The summed E-state index contributed by atoms with van der Waals surface area (Å²) in [4.78, 5) is 33.5. The minimum Gasteiger partial charge on any atom is -0.475 e. The summed E-state index contributed by atoms with van der Waals surface area (Å²) < 4.78 is 5.01. The van der Waals surface area contributed by atoms with Gasteiger partial charge in [0.05, 0.1) is 6.54 Å². The van der Waals surface area contributed by atoms with Crippen LogP contribution in [0.25, 0.3) is 0 Å². The quantitative estimate of drug-likeness (QED) is 0.587. The molecule has 1 atom stereocenters. The Morgan fingerprint density at radius 1 is 1.33 bits per heavy atom. The van der Waals surface area contributed by atoms with Crippen LogP contribution in [0.3, 0.4) is 0 Å². The lowest BCUT2D eigenvalue weighted by Gasteiger charge is -2.18. The monoisotopic (exact) mass is 297 g/mol. The van der Waals surface area contributed by atoms with Crippen LogP contribution in [0.5, 0.6) is 0 Å². The number of primary amides is 1. The number of carbonyl (C=O) groups is 3. The molecule has 1 aromatic heterocycles. The molecule has 8 heteroatoms. The second-order valence-corrected chi connectivity index (χ2v) is 4.98. The van der Waals surface area contributed by atoms with Gasteiger partial charge < -0.3 is 25.9 Å². The second kappa shape index (κ2) is 7.32. The van der Waals surface area contributed by atoms with E-state index in [1.807, 2.05) is 13.8 Å². The predicted octanol–water partition coefficient (Wildman–Crippen LogP) is 0.677. The van der Waals surface area contributed by atoms with E-state index < -0.39 is 23.9 Å². The van der Waals surface area contributed by atoms with E-state index in [0.29, 0.717) is 12.2 Å². The van der Waals surface area contributed by atoms with Crippen LogP contribution >= 0.6 is 0 Å². The van der Waals surface area contributed by atoms with Crippen LogP contribution in [0.4, 0.5) is 4.79 Å². The van der Waals surface area contributed by atoms with E-state index in [1.54, 1.807) is 0 Å². The first-order valence-corrected chi connectivity index (χ1v) is 6.45. The van der Waals surface area contributed by atoms with Crippen molar-refractivity contribution in [1.29, 1.82) is 0 Å². The molecule has 0 spiro atoms. The van der Waals surface area contributed by atoms with E-state index in [4.69, 9.17) is 15.3 Å². The number of nitrogens with one attached hydrogen (secondary N) is 2. The van der Waals surface area contributed by atoms with Gasteiger partial charge in [0.2, 0.25) is 11.7 Å². The molecular weight excluding hydrogens is 278 g/mol. The Hall–Kier alpha value is -2.51. The number of aromatic carboxylic acids is 1. The first kappa shape index (κ1) is 16.5. The Balaban J connectivity index is 2.59. The SMILES string of the molecule is CC(C)CC(NC(N)=O)C(=O)NCc1ccc(C(=O)O)o1. The maximum Gasteiger partial charge on any atom is 0.371 e. The lowest BCUT2D eigenvalue weighted by atomic mass is 10.0. The molecule has 1 aromatic rings. The number of hydrogen-bond acceptors (Lipinski definition) is 4. The highest BCUT2D eigenvalue weighted by Gasteiger charge is 2.21. The molecule has 5 N–H and O–H groups in total. The van der Waals surface area contributed by atoms with Crippen molar-refractivity contribution in [1.82, 2.24) is 10.6 Å². The van der Waals surface area contributed by atoms with Crippen molar-refractivity contribution in [3.8, 4) is 0 Å². The van der Waals surface area contributed by atoms with Gasteiger partial charge >= 0.3 is 12.0 Å². The van der Waals surface area contributed by atoms with E-state index in [0.717, 1.165) is 0 Å². The van der Waals surface area contributed by atoms with Crippen LogP contribution in [0.1, 0.15) is 36.6 Å². The topological polar surface area (TPSA) is 135 Å². The van der Waals surface area contributed by atoms with Crippen molar-refractivity contribution in [3.63, 3.8) is 0 Å². The average molecular weight is 297 g/mol. The van der Waals surface area contributed by atoms with Crippen LogP contribution in [0, 0.1) is 5.92 Å². The van der Waals surface area contributed by atoms with Crippen molar-refractivity contribution in [3.05, 3.63) is 23.7 Å². The maximum atomic E-state index is 12.0. The largest absolute Gasteiger partial charge is 0.475 e. The molecule has 0 radical (unpaired) electrons. The van der Waals surface area contributed by atoms with Gasteiger partial charge in [0.25, 0.3) is 0 Å². The Bertz CT molecular complexity index is 524. The first-order valence-electron chi connectivity index (χ1n) is 6.45. The third kappa shape index (κ3) is 5.55. The number of carbonyl (C=O) groups excluding carboxylic acids is 2. The standard InChI is InChI=1S/C13H19N3O5/c1-7(2)5-9(16-13(14)20)11(17)15-6-8-3-4-10(21-8)12(18)19/h3-4,7,9H,5-6H2,1-2H3,(H,15,17)(H,18,19)(H3,14,16,20). The lowest BCUT2D eigenvalue weighted by Crippen LogP contribution is -2.48. The molecule has 8 nitrogen and oxygen atoms in total. The smallest absolute Gasteiger partial charge is 0.371 e. The number of furan rings is 1. The molecule has 1 heterocycles. The van der Waals surface area contributed by atoms with Crippen LogP contribution in [0.2, 0.25) is 0 Å². The fraction of sp³-hybridized carbons (Fsp3) is 0.462. The summed E-state index contributed by atoms with van der Waals surface area (Å²) >= 11 is 0. The number of carboxylic acids is 1. The number of rotatable bonds is 7. The van der Waals surface area contributed by atoms with Crippen molar-refractivity contribution >= 4 is 17.9 Å². The molecule has 1 rings (SSSR count). The number of nitrogens with two attached hydrogens (primary N) is 1. The van der Waals surface area contributed by atoms with Gasteiger partial charge in [-0.1, -0.05) is 13.8 Å². The highest BCUT2D eigenvalue weighted by Crippen LogP contribution is 2.09.